The van der Waals surface area contributed by atoms with Gasteiger partial charge in [-0.1, -0.05) is 24.3 Å². The van der Waals surface area contributed by atoms with Gasteiger partial charge in [-0.05, 0) is 48.6 Å². The number of urea groups is 1. The van der Waals surface area contributed by atoms with E-state index in [1.807, 2.05) is 25.3 Å². The molecule has 0 saturated carbocycles. The predicted octanol–water partition coefficient (Wildman–Crippen LogP) is 3.17. The number of rotatable bonds is 5. The second-order valence-electron chi connectivity index (χ2n) is 5.96. The van der Waals surface area contributed by atoms with E-state index in [2.05, 4.69) is 28.8 Å². The van der Waals surface area contributed by atoms with Crippen LogP contribution in [0.25, 0.3) is 10.8 Å². The van der Waals surface area contributed by atoms with Crippen molar-refractivity contribution in [1.29, 1.82) is 0 Å². The molecule has 2 aromatic rings. The van der Waals surface area contributed by atoms with Crippen molar-refractivity contribution >= 4 is 34.3 Å². The molecule has 0 radical (unpaired) electrons. The van der Waals surface area contributed by atoms with E-state index < -0.39 is 0 Å². The number of thioether (sulfide) groups is 1. The molecule has 3 N–H and O–H groups in total. The van der Waals surface area contributed by atoms with E-state index in [9.17, 15) is 9.90 Å². The lowest BCUT2D eigenvalue weighted by Crippen LogP contribution is -2.43. The smallest absolute Gasteiger partial charge is 0.319 e. The van der Waals surface area contributed by atoms with Crippen LogP contribution in [0.15, 0.2) is 30.3 Å². The zero-order chi connectivity index (χ0) is 16.4. The van der Waals surface area contributed by atoms with Crippen LogP contribution >= 0.6 is 11.8 Å². The summed E-state index contributed by atoms with van der Waals surface area (Å²) < 4.78 is 0. The standard InChI is InChI=1S/C18H22N2O2S/c1-11(16(10-21)23-2)19-18(22)20-15-9-8-13-7-6-12-4-3-5-14(15)17(12)13/h3-5,8-9,11,16,21H,6-7,10H2,1-2H3,(H2,19,20,22). The summed E-state index contributed by atoms with van der Waals surface area (Å²) in [6, 6.07) is 10.0. The Bertz CT molecular complexity index is 718. The third kappa shape index (κ3) is 3.16. The predicted molar refractivity (Wildman–Crippen MR) is 97.4 cm³/mol. The zero-order valence-corrected chi connectivity index (χ0v) is 14.2. The quantitative estimate of drug-likeness (QED) is 0.789. The molecule has 1 aliphatic carbocycles. The fraction of sp³-hybridized carbons (Fsp3) is 0.389. The largest absolute Gasteiger partial charge is 0.395 e. The van der Waals surface area contributed by atoms with Crippen LogP contribution in [-0.4, -0.2) is 35.3 Å². The van der Waals surface area contributed by atoms with E-state index in [4.69, 9.17) is 0 Å². The number of amides is 2. The summed E-state index contributed by atoms with van der Waals surface area (Å²) in [5, 5.41) is 17.6. The second kappa shape index (κ2) is 6.81. The Morgan fingerprint density at radius 1 is 1.26 bits per heavy atom. The van der Waals surface area contributed by atoms with Gasteiger partial charge >= 0.3 is 6.03 Å². The molecule has 0 aliphatic heterocycles. The van der Waals surface area contributed by atoms with Gasteiger partial charge in [0.2, 0.25) is 0 Å². The highest BCUT2D eigenvalue weighted by Crippen LogP contribution is 2.34. The number of aliphatic hydroxyl groups is 1. The summed E-state index contributed by atoms with van der Waals surface area (Å²) in [7, 11) is 0. The molecule has 2 unspecified atom stereocenters. The van der Waals surface area contributed by atoms with Crippen molar-refractivity contribution in [3.05, 3.63) is 41.5 Å². The van der Waals surface area contributed by atoms with E-state index in [0.29, 0.717) is 0 Å². The number of aryl methyl sites for hydroxylation is 2. The number of benzene rings is 2. The number of carbonyl (C=O) groups excluding carboxylic acids is 1. The summed E-state index contributed by atoms with van der Waals surface area (Å²) in [6.45, 7) is 1.95. The van der Waals surface area contributed by atoms with Crippen molar-refractivity contribution < 1.29 is 9.90 Å². The maximum Gasteiger partial charge on any atom is 0.319 e. The Morgan fingerprint density at radius 2 is 2.00 bits per heavy atom. The Labute approximate surface area is 140 Å². The minimum absolute atomic E-state index is 0.00597. The third-order valence-electron chi connectivity index (χ3n) is 4.52. The van der Waals surface area contributed by atoms with E-state index in [0.717, 1.165) is 23.9 Å². The Morgan fingerprint density at radius 3 is 2.70 bits per heavy atom. The van der Waals surface area contributed by atoms with Crippen LogP contribution in [0.3, 0.4) is 0 Å². The highest BCUT2D eigenvalue weighted by Gasteiger charge is 2.19. The summed E-state index contributed by atoms with van der Waals surface area (Å²) in [5.74, 6) is 0. The van der Waals surface area contributed by atoms with Gasteiger partial charge in [0.1, 0.15) is 0 Å². The topological polar surface area (TPSA) is 61.4 Å². The summed E-state index contributed by atoms with van der Waals surface area (Å²) in [4.78, 5) is 12.3. The molecule has 0 heterocycles. The van der Waals surface area contributed by atoms with Crippen LogP contribution in [0, 0.1) is 0 Å². The number of aliphatic hydroxyl groups excluding tert-OH is 1. The lowest BCUT2D eigenvalue weighted by molar-refractivity contribution is 0.243. The molecule has 3 rings (SSSR count). The van der Waals surface area contributed by atoms with E-state index in [-0.39, 0.29) is 23.9 Å². The van der Waals surface area contributed by atoms with Gasteiger partial charge in [0.25, 0.3) is 0 Å². The zero-order valence-electron chi connectivity index (χ0n) is 13.4. The molecule has 2 aromatic carbocycles. The first-order valence-electron chi connectivity index (χ1n) is 7.88. The first-order chi connectivity index (χ1) is 11.1. The van der Waals surface area contributed by atoms with Gasteiger partial charge in [-0.2, -0.15) is 11.8 Å². The van der Waals surface area contributed by atoms with Gasteiger partial charge in [-0.25, -0.2) is 4.79 Å². The van der Waals surface area contributed by atoms with Crippen LogP contribution in [0.4, 0.5) is 10.5 Å². The third-order valence-corrected chi connectivity index (χ3v) is 5.69. The van der Waals surface area contributed by atoms with Crippen molar-refractivity contribution in [2.24, 2.45) is 0 Å². The number of carbonyl (C=O) groups is 1. The summed E-state index contributed by atoms with van der Waals surface area (Å²) in [6.07, 6.45) is 4.08. The first-order valence-corrected chi connectivity index (χ1v) is 9.17. The number of hydrogen-bond donors (Lipinski definition) is 3. The van der Waals surface area contributed by atoms with Gasteiger partial charge in [0.15, 0.2) is 0 Å². The minimum Gasteiger partial charge on any atom is -0.395 e. The molecule has 0 fully saturated rings. The molecule has 23 heavy (non-hydrogen) atoms. The highest BCUT2D eigenvalue weighted by atomic mass is 32.2. The molecule has 0 bridgehead atoms. The molecule has 5 heteroatoms. The molecule has 2 atom stereocenters. The van der Waals surface area contributed by atoms with E-state index in [1.54, 1.807) is 11.8 Å². The molecule has 122 valence electrons. The Balaban J connectivity index is 1.79. The maximum absolute atomic E-state index is 12.3. The molecule has 2 amide bonds. The number of nitrogens with one attached hydrogen (secondary N) is 2. The molecular weight excluding hydrogens is 308 g/mol. The average Bonchev–Trinajstić information content (AvgIpc) is 2.96. The van der Waals surface area contributed by atoms with Crippen molar-refractivity contribution in [3.63, 3.8) is 0 Å². The monoisotopic (exact) mass is 330 g/mol. The molecule has 0 spiro atoms. The Hall–Kier alpha value is -1.72. The maximum atomic E-state index is 12.3. The molecule has 1 aliphatic rings. The molecule has 0 saturated heterocycles. The van der Waals surface area contributed by atoms with Crippen LogP contribution < -0.4 is 10.6 Å². The second-order valence-corrected chi connectivity index (χ2v) is 7.03. The van der Waals surface area contributed by atoms with Gasteiger partial charge in [-0.15, -0.1) is 0 Å². The van der Waals surface area contributed by atoms with Gasteiger partial charge in [-0.3, -0.25) is 0 Å². The minimum atomic E-state index is -0.233. The van der Waals surface area contributed by atoms with Crippen molar-refractivity contribution in [1.82, 2.24) is 5.32 Å². The van der Waals surface area contributed by atoms with Gasteiger partial charge < -0.3 is 15.7 Å². The Kier molecular flexibility index (Phi) is 4.78. The first kappa shape index (κ1) is 16.1. The van der Waals surface area contributed by atoms with Gasteiger partial charge in [0.05, 0.1) is 12.3 Å². The average molecular weight is 330 g/mol. The van der Waals surface area contributed by atoms with Crippen LogP contribution in [0.2, 0.25) is 0 Å². The SMILES string of the molecule is CSC(CO)C(C)NC(=O)Nc1ccc2c3c(cccc13)CC2. The fourth-order valence-electron chi connectivity index (χ4n) is 3.25. The van der Waals surface area contributed by atoms with Crippen LogP contribution in [-0.2, 0) is 12.8 Å². The highest BCUT2D eigenvalue weighted by molar-refractivity contribution is 7.99. The summed E-state index contributed by atoms with van der Waals surface area (Å²) in [5.41, 5.74) is 3.55. The molecule has 0 aromatic heterocycles. The fourth-order valence-corrected chi connectivity index (χ4v) is 3.88. The van der Waals surface area contributed by atoms with Crippen LogP contribution in [0.1, 0.15) is 18.1 Å². The van der Waals surface area contributed by atoms with Gasteiger partial charge in [0, 0.05) is 16.7 Å². The van der Waals surface area contributed by atoms with Crippen LogP contribution in [0.5, 0.6) is 0 Å². The normalized spacial score (nSPS) is 15.4. The van der Waals surface area contributed by atoms with E-state index >= 15 is 0 Å². The van der Waals surface area contributed by atoms with Crippen molar-refractivity contribution in [3.8, 4) is 0 Å². The lowest BCUT2D eigenvalue weighted by Gasteiger charge is -2.21. The molecular formula is C18H22N2O2S. The van der Waals surface area contributed by atoms with Crippen molar-refractivity contribution in [2.75, 3.05) is 18.2 Å². The molecule has 4 nitrogen and oxygen atoms in total. The number of hydrogen-bond acceptors (Lipinski definition) is 3. The summed E-state index contributed by atoms with van der Waals surface area (Å²) >= 11 is 1.55. The number of anilines is 1. The lowest BCUT2D eigenvalue weighted by atomic mass is 10.0. The van der Waals surface area contributed by atoms with Crippen molar-refractivity contribution in [2.45, 2.75) is 31.1 Å². The van der Waals surface area contributed by atoms with E-state index in [1.165, 1.54) is 16.5 Å².